The molecule has 38 heavy (non-hydrogen) atoms. The summed E-state index contributed by atoms with van der Waals surface area (Å²) in [4.78, 5) is 30.7. The number of hydrogen-bond acceptors (Lipinski definition) is 7. The molecule has 0 aliphatic carbocycles. The van der Waals surface area contributed by atoms with E-state index in [0.717, 1.165) is 19.2 Å². The number of benzene rings is 3. The Balaban J connectivity index is 1.70. The van der Waals surface area contributed by atoms with Gasteiger partial charge in [-0.05, 0) is 24.7 Å². The van der Waals surface area contributed by atoms with E-state index in [4.69, 9.17) is 9.15 Å². The Labute approximate surface area is 220 Å². The molecule has 0 radical (unpaired) electrons. The second kappa shape index (κ2) is 10.6. The van der Waals surface area contributed by atoms with Crippen LogP contribution in [0.4, 0.5) is 0 Å². The molecule has 0 saturated carbocycles. The number of carbonyl (C=O) groups excluding carboxylic acids is 1. The summed E-state index contributed by atoms with van der Waals surface area (Å²) in [5, 5.41) is 21.8. The number of aromatic hydroxyl groups is 2. The second-order valence-corrected chi connectivity index (χ2v) is 9.59. The molecule has 3 aromatic carbocycles. The van der Waals surface area contributed by atoms with E-state index in [9.17, 15) is 19.8 Å². The molecule has 1 amide bonds. The van der Waals surface area contributed by atoms with Gasteiger partial charge in [0.1, 0.15) is 34.0 Å². The minimum absolute atomic E-state index is 0.0313. The first-order chi connectivity index (χ1) is 18.4. The number of carbonyl (C=O) groups is 1. The van der Waals surface area contributed by atoms with E-state index in [1.807, 2.05) is 54.4 Å². The van der Waals surface area contributed by atoms with Crippen LogP contribution in [-0.4, -0.2) is 66.3 Å². The van der Waals surface area contributed by atoms with Crippen molar-refractivity contribution < 1.29 is 24.2 Å². The van der Waals surface area contributed by atoms with E-state index in [1.54, 1.807) is 19.2 Å². The van der Waals surface area contributed by atoms with Crippen LogP contribution < -0.4 is 10.2 Å². The van der Waals surface area contributed by atoms with Gasteiger partial charge in [-0.15, -0.1) is 0 Å². The first-order valence-electron chi connectivity index (χ1n) is 12.5. The summed E-state index contributed by atoms with van der Waals surface area (Å²) in [7, 11) is 3.58. The normalized spacial score (nSPS) is 14.9. The van der Waals surface area contributed by atoms with Crippen molar-refractivity contribution in [2.45, 2.75) is 12.3 Å². The first kappa shape index (κ1) is 25.4. The van der Waals surface area contributed by atoms with Gasteiger partial charge in [0, 0.05) is 61.8 Å². The largest absolute Gasteiger partial charge is 0.507 e. The molecule has 0 unspecified atom stereocenters. The number of phenols is 2. The van der Waals surface area contributed by atoms with Crippen molar-refractivity contribution in [2.75, 3.05) is 40.3 Å². The molecule has 2 heterocycles. The molecular weight excluding hydrogens is 484 g/mol. The molecule has 0 bridgehead atoms. The van der Waals surface area contributed by atoms with Crippen molar-refractivity contribution in [1.82, 2.24) is 9.80 Å². The maximum atomic E-state index is 13.5. The summed E-state index contributed by atoms with van der Waals surface area (Å²) in [6.45, 7) is 2.77. The van der Waals surface area contributed by atoms with Gasteiger partial charge in [-0.1, -0.05) is 42.5 Å². The number of likely N-dealkylation sites (N-methyl/N-ethyl adjacent to an activating group) is 1. The first-order valence-corrected chi connectivity index (χ1v) is 12.5. The molecular formula is C30H30N2O6. The number of methoxy groups -OCH3 is 1. The highest BCUT2D eigenvalue weighted by Gasteiger charge is 2.30. The molecule has 4 aromatic rings. The Morgan fingerprint density at radius 1 is 0.974 bits per heavy atom. The summed E-state index contributed by atoms with van der Waals surface area (Å²) in [5.41, 5.74) is 1.25. The molecule has 196 valence electrons. The molecule has 1 saturated heterocycles. The predicted octanol–water partition coefficient (Wildman–Crippen LogP) is 4.18. The lowest BCUT2D eigenvalue weighted by Crippen LogP contribution is -2.47. The van der Waals surface area contributed by atoms with Crippen LogP contribution in [0.15, 0.2) is 75.9 Å². The maximum absolute atomic E-state index is 13.5. The minimum atomic E-state index is -0.672. The van der Waals surface area contributed by atoms with Crippen molar-refractivity contribution >= 4 is 16.9 Å². The zero-order valence-electron chi connectivity index (χ0n) is 21.4. The van der Waals surface area contributed by atoms with Gasteiger partial charge in [-0.2, -0.15) is 0 Å². The molecule has 1 atom stereocenters. The van der Waals surface area contributed by atoms with Crippen LogP contribution in [0, 0.1) is 0 Å². The monoisotopic (exact) mass is 514 g/mol. The number of rotatable bonds is 6. The number of fused-ring (bicyclic) bond motifs is 1. The number of phenolic OH excluding ortho intramolecular Hbond substituents is 2. The van der Waals surface area contributed by atoms with Gasteiger partial charge in [0.05, 0.1) is 7.11 Å². The van der Waals surface area contributed by atoms with Gasteiger partial charge in [0.15, 0.2) is 5.43 Å². The van der Waals surface area contributed by atoms with Crippen molar-refractivity contribution in [3.8, 4) is 28.6 Å². The van der Waals surface area contributed by atoms with Gasteiger partial charge in [0.2, 0.25) is 5.91 Å². The van der Waals surface area contributed by atoms with Crippen molar-refractivity contribution in [3.63, 3.8) is 0 Å². The van der Waals surface area contributed by atoms with Crippen LogP contribution in [0.1, 0.15) is 23.5 Å². The third kappa shape index (κ3) is 4.95. The third-order valence-electron chi connectivity index (χ3n) is 7.14. The molecule has 5 rings (SSSR count). The van der Waals surface area contributed by atoms with E-state index >= 15 is 0 Å². The van der Waals surface area contributed by atoms with E-state index in [0.29, 0.717) is 35.7 Å². The highest BCUT2D eigenvalue weighted by molar-refractivity contribution is 5.91. The number of hydrogen-bond donors (Lipinski definition) is 2. The molecule has 8 nitrogen and oxygen atoms in total. The van der Waals surface area contributed by atoms with E-state index in [2.05, 4.69) is 4.90 Å². The minimum Gasteiger partial charge on any atom is -0.507 e. The topological polar surface area (TPSA) is 103 Å². The van der Waals surface area contributed by atoms with Crippen molar-refractivity contribution in [3.05, 3.63) is 88.1 Å². The Morgan fingerprint density at radius 2 is 1.71 bits per heavy atom. The summed E-state index contributed by atoms with van der Waals surface area (Å²) < 4.78 is 11.7. The fourth-order valence-corrected chi connectivity index (χ4v) is 5.01. The predicted molar refractivity (Wildman–Crippen MR) is 145 cm³/mol. The van der Waals surface area contributed by atoms with Gasteiger partial charge < -0.3 is 29.2 Å². The second-order valence-electron chi connectivity index (χ2n) is 9.59. The zero-order valence-corrected chi connectivity index (χ0v) is 21.4. The number of piperazine rings is 1. The van der Waals surface area contributed by atoms with Crippen LogP contribution in [-0.2, 0) is 4.79 Å². The van der Waals surface area contributed by atoms with Crippen LogP contribution in [0.2, 0.25) is 0 Å². The molecule has 1 aliphatic rings. The van der Waals surface area contributed by atoms with Gasteiger partial charge in [-0.3, -0.25) is 9.59 Å². The van der Waals surface area contributed by atoms with Crippen LogP contribution in [0.3, 0.4) is 0 Å². The van der Waals surface area contributed by atoms with Gasteiger partial charge in [0.25, 0.3) is 0 Å². The summed E-state index contributed by atoms with van der Waals surface area (Å²) in [6, 6.07) is 18.9. The fraction of sp³-hybridized carbons (Fsp3) is 0.267. The smallest absolute Gasteiger partial charge is 0.223 e. The Bertz CT molecular complexity index is 1520. The maximum Gasteiger partial charge on any atom is 0.223 e. The molecule has 0 spiro atoms. The highest BCUT2D eigenvalue weighted by atomic mass is 16.5. The van der Waals surface area contributed by atoms with Crippen molar-refractivity contribution in [1.29, 1.82) is 0 Å². The van der Waals surface area contributed by atoms with Crippen LogP contribution in [0.5, 0.6) is 17.2 Å². The molecule has 8 heteroatoms. The molecule has 1 fully saturated rings. The SMILES string of the molecule is COc1cccc([C@H](CC(=O)N2CCN(C)CC2)c2c(O)cc(O)c3c(=O)cc(-c4ccccc4)oc23)c1. The quantitative estimate of drug-likeness (QED) is 0.398. The number of ether oxygens (including phenoxy) is 1. The Morgan fingerprint density at radius 3 is 2.42 bits per heavy atom. The number of amides is 1. The lowest BCUT2D eigenvalue weighted by atomic mass is 9.85. The summed E-state index contributed by atoms with van der Waals surface area (Å²) in [6.07, 6.45) is 0.0313. The lowest BCUT2D eigenvalue weighted by Gasteiger charge is -2.33. The van der Waals surface area contributed by atoms with Crippen LogP contribution >= 0.6 is 0 Å². The fourth-order valence-electron chi connectivity index (χ4n) is 5.01. The van der Waals surface area contributed by atoms with E-state index in [-0.39, 0.29) is 40.4 Å². The molecule has 2 N–H and O–H groups in total. The third-order valence-corrected chi connectivity index (χ3v) is 7.14. The highest BCUT2D eigenvalue weighted by Crippen LogP contribution is 2.43. The number of nitrogens with zero attached hydrogens (tertiary/aromatic N) is 2. The average Bonchev–Trinajstić information content (AvgIpc) is 2.92. The molecule has 1 aliphatic heterocycles. The molecule has 1 aromatic heterocycles. The van der Waals surface area contributed by atoms with Gasteiger partial charge in [-0.25, -0.2) is 0 Å². The standard InChI is InChI=1S/C30H30N2O6/c1-31-11-13-32(14-12-31)27(36)16-22(20-9-6-10-21(15-20)37-2)28-23(33)17-24(34)29-25(35)18-26(38-30(28)29)19-7-4-3-5-8-19/h3-10,15,17-18,22,33-34H,11-14,16H2,1-2H3/t22-/m0/s1. The lowest BCUT2D eigenvalue weighted by molar-refractivity contribution is -0.133. The van der Waals surface area contributed by atoms with E-state index in [1.165, 1.54) is 6.07 Å². The van der Waals surface area contributed by atoms with E-state index < -0.39 is 11.3 Å². The Kier molecular flexibility index (Phi) is 7.07. The summed E-state index contributed by atoms with van der Waals surface area (Å²) in [5.74, 6) is -0.507. The summed E-state index contributed by atoms with van der Waals surface area (Å²) >= 11 is 0. The van der Waals surface area contributed by atoms with Crippen molar-refractivity contribution in [2.24, 2.45) is 0 Å². The van der Waals surface area contributed by atoms with Crippen LogP contribution in [0.25, 0.3) is 22.3 Å². The Hall–Kier alpha value is -4.30. The van der Waals surface area contributed by atoms with Gasteiger partial charge >= 0.3 is 0 Å². The zero-order chi connectivity index (χ0) is 26.8. The average molecular weight is 515 g/mol.